The molecule has 1 fully saturated rings. The highest BCUT2D eigenvalue weighted by atomic mass is 16.7. The monoisotopic (exact) mass is 408 g/mol. The van der Waals surface area contributed by atoms with Crippen molar-refractivity contribution in [2.45, 2.75) is 6.92 Å². The fourth-order valence-electron chi connectivity index (χ4n) is 3.40. The smallest absolute Gasteiger partial charge is 0.254 e. The zero-order valence-electron chi connectivity index (χ0n) is 17.0. The van der Waals surface area contributed by atoms with Gasteiger partial charge < -0.3 is 19.8 Å². The fourth-order valence-corrected chi connectivity index (χ4v) is 3.40. The highest BCUT2D eigenvalue weighted by molar-refractivity contribution is 5.99. The first-order chi connectivity index (χ1) is 14.6. The number of nitrogens with two attached hydrogens (primary N) is 1. The Labute approximate surface area is 174 Å². The minimum absolute atomic E-state index is 0.0430. The van der Waals surface area contributed by atoms with E-state index in [0.29, 0.717) is 54.3 Å². The Bertz CT molecular complexity index is 1070. The number of aryl methyl sites for hydroxylation is 1. The molecule has 9 nitrogen and oxygen atoms in total. The summed E-state index contributed by atoms with van der Waals surface area (Å²) in [5, 5.41) is 4.83. The number of anilines is 2. The second-order valence-corrected chi connectivity index (χ2v) is 6.94. The van der Waals surface area contributed by atoms with Crippen molar-refractivity contribution >= 4 is 28.3 Å². The van der Waals surface area contributed by atoms with Crippen molar-refractivity contribution in [3.63, 3.8) is 0 Å². The van der Waals surface area contributed by atoms with E-state index in [2.05, 4.69) is 15.3 Å². The van der Waals surface area contributed by atoms with Gasteiger partial charge in [-0.1, -0.05) is 0 Å². The zero-order chi connectivity index (χ0) is 21.1. The van der Waals surface area contributed by atoms with Gasteiger partial charge in [0.25, 0.3) is 5.91 Å². The summed E-state index contributed by atoms with van der Waals surface area (Å²) in [4.78, 5) is 29.5. The average Bonchev–Trinajstić information content (AvgIpc) is 2.78. The molecule has 0 aliphatic carbocycles. The Kier molecular flexibility index (Phi) is 5.64. The maximum absolute atomic E-state index is 12.9. The fraction of sp³-hybridized carbons (Fsp3) is 0.286. The van der Waals surface area contributed by atoms with Gasteiger partial charge in [-0.3, -0.25) is 9.78 Å². The Balaban J connectivity index is 1.69. The van der Waals surface area contributed by atoms with Crippen LogP contribution in [-0.4, -0.2) is 54.1 Å². The van der Waals surface area contributed by atoms with E-state index in [1.165, 1.54) is 0 Å². The molecule has 0 bridgehead atoms. The molecule has 1 saturated heterocycles. The highest BCUT2D eigenvalue weighted by Crippen LogP contribution is 2.29. The number of hydrogen-bond acceptors (Lipinski definition) is 8. The Morgan fingerprint density at radius 1 is 1.27 bits per heavy atom. The number of hydrogen-bond donors (Lipinski definition) is 2. The van der Waals surface area contributed by atoms with Crippen LogP contribution in [0, 0.1) is 6.92 Å². The van der Waals surface area contributed by atoms with Gasteiger partial charge in [0.2, 0.25) is 5.82 Å². The van der Waals surface area contributed by atoms with E-state index in [1.54, 1.807) is 42.4 Å². The third-order valence-electron chi connectivity index (χ3n) is 4.91. The van der Waals surface area contributed by atoms with Gasteiger partial charge in [-0.25, -0.2) is 10.8 Å². The van der Waals surface area contributed by atoms with Gasteiger partial charge in [-0.2, -0.15) is 0 Å². The molecule has 0 saturated carbocycles. The van der Waals surface area contributed by atoms with Gasteiger partial charge in [-0.15, -0.1) is 5.17 Å². The lowest BCUT2D eigenvalue weighted by Crippen LogP contribution is -2.40. The first-order valence-electron chi connectivity index (χ1n) is 9.71. The van der Waals surface area contributed by atoms with E-state index in [4.69, 9.17) is 15.4 Å². The van der Waals surface area contributed by atoms with Crippen molar-refractivity contribution in [2.75, 3.05) is 43.8 Å². The van der Waals surface area contributed by atoms with E-state index in [9.17, 15) is 4.79 Å². The second kappa shape index (κ2) is 8.52. The van der Waals surface area contributed by atoms with E-state index in [0.717, 1.165) is 16.6 Å². The number of ether oxygens (including phenoxy) is 1. The summed E-state index contributed by atoms with van der Waals surface area (Å²) in [6.45, 7) is 4.13. The molecular weight excluding hydrogens is 384 g/mol. The zero-order valence-corrected chi connectivity index (χ0v) is 17.0. The predicted molar refractivity (Wildman–Crippen MR) is 114 cm³/mol. The Hall–Kier alpha value is -3.43. The van der Waals surface area contributed by atoms with Crippen LogP contribution in [0.2, 0.25) is 0 Å². The first-order valence-corrected chi connectivity index (χ1v) is 9.71. The summed E-state index contributed by atoms with van der Waals surface area (Å²) in [5.41, 5.74) is 2.77. The summed E-state index contributed by atoms with van der Waals surface area (Å²) in [5.74, 6) is 7.04. The van der Waals surface area contributed by atoms with Gasteiger partial charge in [-0.05, 0) is 37.3 Å². The number of rotatable bonds is 5. The molecular formula is C21H24N6O3. The van der Waals surface area contributed by atoms with Crippen LogP contribution in [0.15, 0.2) is 42.6 Å². The van der Waals surface area contributed by atoms with Gasteiger partial charge >= 0.3 is 0 Å². The number of carbonyl (C=O) groups is 1. The lowest BCUT2D eigenvalue weighted by molar-refractivity contribution is 0.0303. The van der Waals surface area contributed by atoms with E-state index in [1.807, 2.05) is 19.1 Å². The summed E-state index contributed by atoms with van der Waals surface area (Å²) in [6.07, 6.45) is 1.63. The van der Waals surface area contributed by atoms with Crippen molar-refractivity contribution in [3.05, 3.63) is 53.9 Å². The van der Waals surface area contributed by atoms with Crippen molar-refractivity contribution < 1.29 is 14.4 Å². The third-order valence-corrected chi connectivity index (χ3v) is 4.91. The molecule has 1 amide bonds. The molecule has 4 rings (SSSR count). The highest BCUT2D eigenvalue weighted by Gasteiger charge is 2.20. The molecule has 30 heavy (non-hydrogen) atoms. The summed E-state index contributed by atoms with van der Waals surface area (Å²) >= 11 is 0. The second-order valence-electron chi connectivity index (χ2n) is 6.94. The molecule has 2 aromatic heterocycles. The molecule has 1 aliphatic heterocycles. The summed E-state index contributed by atoms with van der Waals surface area (Å²) in [6, 6.07) is 10.8. The number of morpholine rings is 1. The molecule has 0 radical (unpaired) electrons. The van der Waals surface area contributed by atoms with E-state index >= 15 is 0 Å². The van der Waals surface area contributed by atoms with Gasteiger partial charge in [0.05, 0.1) is 24.4 Å². The largest absolute Gasteiger partial charge is 0.385 e. The van der Waals surface area contributed by atoms with Crippen LogP contribution in [0.1, 0.15) is 16.1 Å². The maximum Gasteiger partial charge on any atom is 0.254 e. The van der Waals surface area contributed by atoms with Crippen LogP contribution < -0.4 is 21.2 Å². The van der Waals surface area contributed by atoms with Crippen LogP contribution >= 0.6 is 0 Å². The quantitative estimate of drug-likeness (QED) is 0.489. The maximum atomic E-state index is 12.9. The standard InChI is InChI=1S/C21H24N6O3/c1-14-12-19(30-27(22)20-18(23-2)4-3-7-24-20)16-13-15(5-6-17(16)25-14)21(28)26-8-10-29-11-9-26/h3-7,12-13,23H,8-11,22H2,1-2H3. The number of benzene rings is 1. The molecule has 156 valence electrons. The number of nitrogens with one attached hydrogen (secondary N) is 1. The lowest BCUT2D eigenvalue weighted by Gasteiger charge is -2.27. The topological polar surface area (TPSA) is 106 Å². The SMILES string of the molecule is CNc1cccnc1N(N)Oc1cc(C)nc2ccc(C(=O)N3CCOCC3)cc12. The number of amides is 1. The van der Waals surface area contributed by atoms with Crippen molar-refractivity contribution in [1.82, 2.24) is 14.9 Å². The summed E-state index contributed by atoms with van der Waals surface area (Å²) < 4.78 is 5.34. The predicted octanol–water partition coefficient (Wildman–Crippen LogP) is 2.13. The number of hydrazine groups is 1. The van der Waals surface area contributed by atoms with Crippen molar-refractivity contribution in [2.24, 2.45) is 5.84 Å². The van der Waals surface area contributed by atoms with Crippen LogP contribution in [0.3, 0.4) is 0 Å². The Morgan fingerprint density at radius 3 is 2.83 bits per heavy atom. The minimum atomic E-state index is -0.0430. The molecule has 1 aliphatic rings. The number of carbonyl (C=O) groups excluding carboxylic acids is 1. The first kappa shape index (κ1) is 19.9. The van der Waals surface area contributed by atoms with Crippen molar-refractivity contribution in [3.8, 4) is 5.75 Å². The van der Waals surface area contributed by atoms with Crippen LogP contribution in [0.5, 0.6) is 5.75 Å². The number of fused-ring (bicyclic) bond motifs is 1. The van der Waals surface area contributed by atoms with E-state index < -0.39 is 0 Å². The van der Waals surface area contributed by atoms with Gasteiger partial charge in [0.15, 0.2) is 5.75 Å². The van der Waals surface area contributed by atoms with Gasteiger partial charge in [0, 0.05) is 49.0 Å². The molecule has 3 N–H and O–H groups in total. The van der Waals surface area contributed by atoms with Crippen LogP contribution in [-0.2, 0) is 4.74 Å². The third kappa shape index (κ3) is 3.98. The molecule has 9 heteroatoms. The Morgan fingerprint density at radius 2 is 2.07 bits per heavy atom. The lowest BCUT2D eigenvalue weighted by atomic mass is 10.1. The molecule has 3 heterocycles. The van der Waals surface area contributed by atoms with Crippen LogP contribution in [0.25, 0.3) is 10.9 Å². The minimum Gasteiger partial charge on any atom is -0.385 e. The molecule has 0 atom stereocenters. The number of nitrogens with zero attached hydrogens (tertiary/aromatic N) is 4. The normalized spacial score (nSPS) is 13.9. The van der Waals surface area contributed by atoms with Crippen molar-refractivity contribution in [1.29, 1.82) is 0 Å². The average molecular weight is 408 g/mol. The van der Waals surface area contributed by atoms with Gasteiger partial charge in [0.1, 0.15) is 0 Å². The molecule has 1 aromatic carbocycles. The molecule has 3 aromatic rings. The summed E-state index contributed by atoms with van der Waals surface area (Å²) in [7, 11) is 1.78. The number of aromatic nitrogens is 2. The van der Waals surface area contributed by atoms with Crippen LogP contribution in [0.4, 0.5) is 11.5 Å². The molecule has 0 spiro atoms. The number of pyridine rings is 2. The van der Waals surface area contributed by atoms with E-state index in [-0.39, 0.29) is 5.91 Å². The molecule has 0 unspecified atom stereocenters.